The SMILES string of the molecule is Cc1ccc(S(N)(=O)=O)cc1C(=O)NC1CCc2ccccc21. The Bertz CT molecular complexity index is 875. The van der Waals surface area contributed by atoms with Crippen LogP contribution >= 0.6 is 0 Å². The van der Waals surface area contributed by atoms with Gasteiger partial charge in [0.25, 0.3) is 5.91 Å². The van der Waals surface area contributed by atoms with Gasteiger partial charge in [0, 0.05) is 5.56 Å². The molecule has 23 heavy (non-hydrogen) atoms. The van der Waals surface area contributed by atoms with Crippen LogP contribution in [0.2, 0.25) is 0 Å². The summed E-state index contributed by atoms with van der Waals surface area (Å²) in [6.07, 6.45) is 1.77. The Hall–Kier alpha value is -2.18. The molecular formula is C17H18N2O3S. The van der Waals surface area contributed by atoms with Crippen LogP contribution in [0.1, 0.15) is 39.5 Å². The Morgan fingerprint density at radius 2 is 1.96 bits per heavy atom. The van der Waals surface area contributed by atoms with Crippen LogP contribution in [-0.2, 0) is 16.4 Å². The molecule has 2 aromatic carbocycles. The Morgan fingerprint density at radius 3 is 2.70 bits per heavy atom. The number of carbonyl (C=O) groups is 1. The molecule has 0 aromatic heterocycles. The highest BCUT2D eigenvalue weighted by Crippen LogP contribution is 2.31. The molecule has 1 aliphatic rings. The van der Waals surface area contributed by atoms with Gasteiger partial charge in [-0.25, -0.2) is 13.6 Å². The van der Waals surface area contributed by atoms with E-state index in [0.29, 0.717) is 11.1 Å². The van der Waals surface area contributed by atoms with Gasteiger partial charge < -0.3 is 5.32 Å². The number of carbonyl (C=O) groups excluding carboxylic acids is 1. The topological polar surface area (TPSA) is 89.3 Å². The number of sulfonamides is 1. The van der Waals surface area contributed by atoms with Gasteiger partial charge in [0.15, 0.2) is 0 Å². The first-order chi connectivity index (χ1) is 10.9. The second kappa shape index (κ2) is 5.79. The summed E-state index contributed by atoms with van der Waals surface area (Å²) in [5.74, 6) is -0.283. The smallest absolute Gasteiger partial charge is 0.252 e. The monoisotopic (exact) mass is 330 g/mol. The Balaban J connectivity index is 1.88. The van der Waals surface area contributed by atoms with Crippen molar-refractivity contribution in [3.8, 4) is 0 Å². The van der Waals surface area contributed by atoms with E-state index in [1.165, 1.54) is 17.7 Å². The fourth-order valence-electron chi connectivity index (χ4n) is 2.97. The van der Waals surface area contributed by atoms with Gasteiger partial charge in [-0.2, -0.15) is 0 Å². The van der Waals surface area contributed by atoms with Gasteiger partial charge in [0.05, 0.1) is 10.9 Å². The van der Waals surface area contributed by atoms with Gasteiger partial charge in [-0.1, -0.05) is 30.3 Å². The van der Waals surface area contributed by atoms with Gasteiger partial charge in [0.2, 0.25) is 10.0 Å². The maximum Gasteiger partial charge on any atom is 0.252 e. The number of hydrogen-bond acceptors (Lipinski definition) is 3. The molecule has 5 nitrogen and oxygen atoms in total. The molecule has 0 bridgehead atoms. The molecular weight excluding hydrogens is 312 g/mol. The van der Waals surface area contributed by atoms with Crippen molar-refractivity contribution in [2.75, 3.05) is 0 Å². The second-order valence-corrected chi connectivity index (χ2v) is 7.35. The average molecular weight is 330 g/mol. The molecule has 0 saturated carbocycles. The number of nitrogens with one attached hydrogen (secondary N) is 1. The molecule has 1 unspecified atom stereocenters. The zero-order valence-corrected chi connectivity index (χ0v) is 13.6. The first kappa shape index (κ1) is 15.7. The van der Waals surface area contributed by atoms with Crippen molar-refractivity contribution >= 4 is 15.9 Å². The number of primary sulfonamides is 1. The number of fused-ring (bicyclic) bond motifs is 1. The fourth-order valence-corrected chi connectivity index (χ4v) is 3.51. The molecule has 0 fully saturated rings. The fraction of sp³-hybridized carbons (Fsp3) is 0.235. The predicted octanol–water partition coefficient (Wildman–Crippen LogP) is 2.06. The molecule has 3 N–H and O–H groups in total. The summed E-state index contributed by atoms with van der Waals surface area (Å²) in [7, 11) is -3.83. The zero-order chi connectivity index (χ0) is 16.6. The van der Waals surface area contributed by atoms with Crippen LogP contribution in [0.4, 0.5) is 0 Å². The third-order valence-electron chi connectivity index (χ3n) is 4.22. The van der Waals surface area contributed by atoms with Gasteiger partial charge in [0.1, 0.15) is 0 Å². The minimum Gasteiger partial charge on any atom is -0.345 e. The maximum absolute atomic E-state index is 12.6. The number of amides is 1. The number of rotatable bonds is 3. The predicted molar refractivity (Wildman–Crippen MR) is 87.5 cm³/mol. The van der Waals surface area contributed by atoms with Gasteiger partial charge in [-0.15, -0.1) is 0 Å². The lowest BCUT2D eigenvalue weighted by Crippen LogP contribution is -2.28. The third kappa shape index (κ3) is 3.13. The second-order valence-electron chi connectivity index (χ2n) is 5.79. The highest BCUT2D eigenvalue weighted by Gasteiger charge is 2.24. The minimum atomic E-state index is -3.83. The van der Waals surface area contributed by atoms with Crippen LogP contribution in [-0.4, -0.2) is 14.3 Å². The molecule has 1 atom stereocenters. The number of hydrogen-bond donors (Lipinski definition) is 2. The van der Waals surface area contributed by atoms with Crippen molar-refractivity contribution in [1.29, 1.82) is 0 Å². The molecule has 2 aromatic rings. The molecule has 0 spiro atoms. The molecule has 1 amide bonds. The van der Waals surface area contributed by atoms with E-state index in [-0.39, 0.29) is 16.8 Å². The average Bonchev–Trinajstić information content (AvgIpc) is 2.90. The van der Waals surface area contributed by atoms with E-state index in [2.05, 4.69) is 11.4 Å². The van der Waals surface area contributed by atoms with Gasteiger partial charge >= 0.3 is 0 Å². The van der Waals surface area contributed by atoms with Crippen LogP contribution < -0.4 is 10.5 Å². The van der Waals surface area contributed by atoms with Gasteiger partial charge in [-0.05, 0) is 48.6 Å². The first-order valence-corrected chi connectivity index (χ1v) is 8.93. The lowest BCUT2D eigenvalue weighted by Gasteiger charge is -2.15. The summed E-state index contributed by atoms with van der Waals surface area (Å²) in [5.41, 5.74) is 3.41. The van der Waals surface area contributed by atoms with Crippen molar-refractivity contribution in [1.82, 2.24) is 5.32 Å². The zero-order valence-electron chi connectivity index (χ0n) is 12.7. The van der Waals surface area contributed by atoms with Crippen LogP contribution in [0.5, 0.6) is 0 Å². The summed E-state index contributed by atoms with van der Waals surface area (Å²) >= 11 is 0. The van der Waals surface area contributed by atoms with E-state index in [9.17, 15) is 13.2 Å². The standard InChI is InChI=1S/C17H18N2O3S/c1-11-6-8-13(23(18,21)22)10-15(11)17(20)19-16-9-7-12-4-2-3-5-14(12)16/h2-6,8,10,16H,7,9H2,1H3,(H,19,20)(H2,18,21,22). The largest absolute Gasteiger partial charge is 0.345 e. The summed E-state index contributed by atoms with van der Waals surface area (Å²) in [4.78, 5) is 12.5. The van der Waals surface area contributed by atoms with Crippen LogP contribution in [0.25, 0.3) is 0 Å². The Kier molecular flexibility index (Phi) is 3.95. The molecule has 0 aliphatic heterocycles. The van der Waals surface area contributed by atoms with E-state index in [1.54, 1.807) is 13.0 Å². The van der Waals surface area contributed by atoms with Crippen molar-refractivity contribution in [2.45, 2.75) is 30.7 Å². The molecule has 3 rings (SSSR count). The molecule has 6 heteroatoms. The van der Waals surface area contributed by atoms with E-state index in [4.69, 9.17) is 5.14 Å². The van der Waals surface area contributed by atoms with Gasteiger partial charge in [-0.3, -0.25) is 4.79 Å². The van der Waals surface area contributed by atoms with Crippen molar-refractivity contribution in [2.24, 2.45) is 5.14 Å². The van der Waals surface area contributed by atoms with E-state index >= 15 is 0 Å². The van der Waals surface area contributed by atoms with E-state index < -0.39 is 10.0 Å². The summed E-state index contributed by atoms with van der Waals surface area (Å²) < 4.78 is 22.9. The highest BCUT2D eigenvalue weighted by molar-refractivity contribution is 7.89. The summed E-state index contributed by atoms with van der Waals surface area (Å²) in [6.45, 7) is 1.77. The van der Waals surface area contributed by atoms with E-state index in [1.807, 2.05) is 18.2 Å². The lowest BCUT2D eigenvalue weighted by atomic mass is 10.1. The maximum atomic E-state index is 12.6. The van der Waals surface area contributed by atoms with Crippen molar-refractivity contribution in [3.63, 3.8) is 0 Å². The normalized spacial score (nSPS) is 16.9. The molecule has 0 radical (unpaired) electrons. The molecule has 0 heterocycles. The van der Waals surface area contributed by atoms with Crippen LogP contribution in [0.15, 0.2) is 47.4 Å². The van der Waals surface area contributed by atoms with Crippen molar-refractivity contribution < 1.29 is 13.2 Å². The minimum absolute atomic E-state index is 0.0451. The number of aryl methyl sites for hydroxylation is 2. The quantitative estimate of drug-likeness (QED) is 0.902. The summed E-state index contributed by atoms with van der Waals surface area (Å²) in [6, 6.07) is 12.3. The molecule has 120 valence electrons. The number of benzene rings is 2. The third-order valence-corrected chi connectivity index (χ3v) is 5.13. The molecule has 0 saturated heterocycles. The van der Waals surface area contributed by atoms with Crippen molar-refractivity contribution in [3.05, 3.63) is 64.7 Å². The number of nitrogens with two attached hydrogens (primary N) is 1. The Labute approximate surface area is 135 Å². The van der Waals surface area contributed by atoms with Crippen LogP contribution in [0, 0.1) is 6.92 Å². The van der Waals surface area contributed by atoms with E-state index in [0.717, 1.165) is 18.4 Å². The lowest BCUT2D eigenvalue weighted by molar-refractivity contribution is 0.0936. The first-order valence-electron chi connectivity index (χ1n) is 7.38. The molecule has 1 aliphatic carbocycles. The Morgan fingerprint density at radius 1 is 1.22 bits per heavy atom. The summed E-state index contributed by atoms with van der Waals surface area (Å²) in [5, 5.41) is 8.14. The highest BCUT2D eigenvalue weighted by atomic mass is 32.2. The van der Waals surface area contributed by atoms with Crippen LogP contribution in [0.3, 0.4) is 0 Å².